The van der Waals surface area contributed by atoms with Crippen LogP contribution in [0.4, 0.5) is 0 Å². The summed E-state index contributed by atoms with van der Waals surface area (Å²) in [5.74, 6) is 0.00103. The first-order valence-electron chi connectivity index (χ1n) is 9.83. The predicted octanol–water partition coefficient (Wildman–Crippen LogP) is 2.32. The zero-order valence-electron chi connectivity index (χ0n) is 16.4. The van der Waals surface area contributed by atoms with Crippen molar-refractivity contribution >= 4 is 23.2 Å². The van der Waals surface area contributed by atoms with Crippen molar-refractivity contribution in [1.82, 2.24) is 25.9 Å². The highest BCUT2D eigenvalue weighted by Crippen LogP contribution is 2.25. The zero-order chi connectivity index (χ0) is 19.9. The fourth-order valence-electron chi connectivity index (χ4n) is 3.42. The zero-order valence-corrected chi connectivity index (χ0v) is 17.2. The lowest BCUT2D eigenvalue weighted by atomic mass is 9.85. The first-order valence-corrected chi connectivity index (χ1v) is 10.7. The van der Waals surface area contributed by atoms with Crippen LogP contribution in [0.2, 0.25) is 0 Å². The number of hydrogen-bond acceptors (Lipinski definition) is 7. The molecule has 0 radical (unpaired) electrons. The van der Waals surface area contributed by atoms with E-state index in [4.69, 9.17) is 0 Å². The molecule has 1 saturated carbocycles. The summed E-state index contributed by atoms with van der Waals surface area (Å²) in [5, 5.41) is 16.6. The van der Waals surface area contributed by atoms with E-state index in [1.165, 1.54) is 0 Å². The number of nitrogens with one attached hydrogen (secondary N) is 2. The van der Waals surface area contributed by atoms with Gasteiger partial charge in [0.25, 0.3) is 0 Å². The van der Waals surface area contributed by atoms with Crippen LogP contribution >= 0.6 is 11.3 Å². The van der Waals surface area contributed by atoms with E-state index in [-0.39, 0.29) is 30.2 Å². The topological polar surface area (TPSA) is 110 Å². The van der Waals surface area contributed by atoms with E-state index >= 15 is 0 Å². The second kappa shape index (κ2) is 9.77. The standard InChI is InChI=1S/C19H27N5O3S/c1-3-4-18-22-15(11-28-18)10-20-19(26)13-5-7-14(8-6-13)21-17(25)9-16-12(2)23-27-24-16/h11,13-14H,3-10H2,1-2H3,(H,20,26)(H,21,25). The lowest BCUT2D eigenvalue weighted by molar-refractivity contribution is -0.126. The molecule has 0 saturated heterocycles. The quantitative estimate of drug-likeness (QED) is 0.697. The van der Waals surface area contributed by atoms with Gasteiger partial charge in [-0.05, 0) is 45.4 Å². The molecule has 1 aliphatic carbocycles. The van der Waals surface area contributed by atoms with Gasteiger partial charge in [0.05, 0.1) is 23.7 Å². The summed E-state index contributed by atoms with van der Waals surface area (Å²) in [7, 11) is 0. The molecule has 2 aromatic heterocycles. The van der Waals surface area contributed by atoms with Gasteiger partial charge in [0, 0.05) is 17.3 Å². The normalized spacial score (nSPS) is 19.4. The highest BCUT2D eigenvalue weighted by atomic mass is 32.1. The van der Waals surface area contributed by atoms with Gasteiger partial charge in [0.2, 0.25) is 11.8 Å². The van der Waals surface area contributed by atoms with E-state index in [2.05, 4.69) is 37.5 Å². The maximum atomic E-state index is 12.4. The third-order valence-electron chi connectivity index (χ3n) is 5.04. The highest BCUT2D eigenvalue weighted by molar-refractivity contribution is 7.09. The number of aromatic nitrogens is 3. The Balaban J connectivity index is 1.37. The summed E-state index contributed by atoms with van der Waals surface area (Å²) in [5.41, 5.74) is 2.13. The van der Waals surface area contributed by atoms with Gasteiger partial charge in [-0.25, -0.2) is 9.61 Å². The van der Waals surface area contributed by atoms with E-state index < -0.39 is 0 Å². The molecular weight excluding hydrogens is 378 g/mol. The van der Waals surface area contributed by atoms with Gasteiger partial charge in [-0.3, -0.25) is 9.59 Å². The third-order valence-corrected chi connectivity index (χ3v) is 6.00. The Bertz CT molecular complexity index is 795. The molecule has 28 heavy (non-hydrogen) atoms. The number of thiazole rings is 1. The molecule has 2 aromatic rings. The summed E-state index contributed by atoms with van der Waals surface area (Å²) in [6, 6.07) is 0.104. The summed E-state index contributed by atoms with van der Waals surface area (Å²) in [4.78, 5) is 29.1. The number of aryl methyl sites for hydroxylation is 2. The molecule has 8 nitrogen and oxygen atoms in total. The van der Waals surface area contributed by atoms with Crippen molar-refractivity contribution in [2.75, 3.05) is 0 Å². The van der Waals surface area contributed by atoms with Crippen molar-refractivity contribution in [3.63, 3.8) is 0 Å². The maximum absolute atomic E-state index is 12.4. The average molecular weight is 406 g/mol. The lowest BCUT2D eigenvalue weighted by Crippen LogP contribution is -2.41. The number of hydrogen-bond donors (Lipinski definition) is 2. The van der Waals surface area contributed by atoms with E-state index in [1.807, 2.05) is 5.38 Å². The van der Waals surface area contributed by atoms with Crippen LogP contribution in [0.25, 0.3) is 0 Å². The van der Waals surface area contributed by atoms with E-state index in [9.17, 15) is 9.59 Å². The van der Waals surface area contributed by atoms with Gasteiger partial charge in [-0.1, -0.05) is 17.2 Å². The molecule has 0 spiro atoms. The lowest BCUT2D eigenvalue weighted by Gasteiger charge is -2.28. The van der Waals surface area contributed by atoms with Crippen LogP contribution < -0.4 is 10.6 Å². The second-order valence-electron chi connectivity index (χ2n) is 7.29. The minimum absolute atomic E-state index is 0.00360. The smallest absolute Gasteiger partial charge is 0.226 e. The summed E-state index contributed by atoms with van der Waals surface area (Å²) < 4.78 is 4.62. The minimum atomic E-state index is -0.0851. The van der Waals surface area contributed by atoms with E-state index in [1.54, 1.807) is 18.3 Å². The van der Waals surface area contributed by atoms with Gasteiger partial charge < -0.3 is 10.6 Å². The van der Waals surface area contributed by atoms with Crippen molar-refractivity contribution in [3.05, 3.63) is 27.5 Å². The van der Waals surface area contributed by atoms with Crippen LogP contribution in [0, 0.1) is 12.8 Å². The largest absolute Gasteiger partial charge is 0.353 e. The molecule has 152 valence electrons. The summed E-state index contributed by atoms with van der Waals surface area (Å²) in [6.45, 7) is 4.38. The number of carbonyl (C=O) groups excluding carboxylic acids is 2. The predicted molar refractivity (Wildman–Crippen MR) is 105 cm³/mol. The number of rotatable bonds is 8. The first-order chi connectivity index (χ1) is 13.5. The molecule has 2 heterocycles. The van der Waals surface area contributed by atoms with Gasteiger partial charge in [0.15, 0.2) is 0 Å². The van der Waals surface area contributed by atoms with E-state index in [0.717, 1.165) is 49.2 Å². The number of nitrogens with zero attached hydrogens (tertiary/aromatic N) is 3. The van der Waals surface area contributed by atoms with Gasteiger partial charge in [0.1, 0.15) is 11.4 Å². The Kier molecular flexibility index (Phi) is 7.13. The van der Waals surface area contributed by atoms with Crippen LogP contribution in [0.1, 0.15) is 61.1 Å². The molecular formula is C19H27N5O3S. The minimum Gasteiger partial charge on any atom is -0.353 e. The van der Waals surface area contributed by atoms with E-state index in [0.29, 0.717) is 17.9 Å². The molecule has 3 rings (SSSR count). The summed E-state index contributed by atoms with van der Waals surface area (Å²) in [6.07, 6.45) is 5.39. The Hall–Kier alpha value is -2.29. The molecule has 0 unspecified atom stereocenters. The Morgan fingerprint density at radius 2 is 2.04 bits per heavy atom. The SMILES string of the molecule is CCCc1nc(CNC(=O)C2CCC(NC(=O)Cc3nonc3C)CC2)cs1. The van der Waals surface area contributed by atoms with Crippen LogP contribution in [-0.2, 0) is 29.0 Å². The molecule has 0 bridgehead atoms. The Labute approximate surface area is 168 Å². The summed E-state index contributed by atoms with van der Waals surface area (Å²) >= 11 is 1.65. The van der Waals surface area contributed by atoms with Gasteiger partial charge >= 0.3 is 0 Å². The fourth-order valence-corrected chi connectivity index (χ4v) is 4.32. The Morgan fingerprint density at radius 1 is 1.25 bits per heavy atom. The van der Waals surface area contributed by atoms with Crippen molar-refractivity contribution in [2.24, 2.45) is 5.92 Å². The van der Waals surface area contributed by atoms with Crippen molar-refractivity contribution < 1.29 is 14.2 Å². The fraction of sp³-hybridized carbons (Fsp3) is 0.632. The highest BCUT2D eigenvalue weighted by Gasteiger charge is 2.27. The number of amides is 2. The molecule has 2 amide bonds. The Morgan fingerprint density at radius 3 is 2.71 bits per heavy atom. The van der Waals surface area contributed by atoms with Crippen molar-refractivity contribution in [3.8, 4) is 0 Å². The monoisotopic (exact) mass is 405 g/mol. The van der Waals surface area contributed by atoms with Crippen molar-refractivity contribution in [2.45, 2.75) is 71.4 Å². The molecule has 0 aromatic carbocycles. The van der Waals surface area contributed by atoms with Crippen LogP contribution in [-0.4, -0.2) is 33.2 Å². The van der Waals surface area contributed by atoms with Crippen LogP contribution in [0.3, 0.4) is 0 Å². The molecule has 0 atom stereocenters. The van der Waals surface area contributed by atoms with Gasteiger partial charge in [-0.15, -0.1) is 11.3 Å². The first kappa shape index (κ1) is 20.4. The van der Waals surface area contributed by atoms with Gasteiger partial charge in [-0.2, -0.15) is 0 Å². The molecule has 1 fully saturated rings. The average Bonchev–Trinajstić information content (AvgIpc) is 3.30. The third kappa shape index (κ3) is 5.60. The van der Waals surface area contributed by atoms with Crippen LogP contribution in [0.15, 0.2) is 10.0 Å². The van der Waals surface area contributed by atoms with Crippen molar-refractivity contribution in [1.29, 1.82) is 0 Å². The molecule has 1 aliphatic rings. The number of carbonyl (C=O) groups is 2. The molecule has 9 heteroatoms. The second-order valence-corrected chi connectivity index (χ2v) is 8.23. The molecule has 2 N–H and O–H groups in total. The maximum Gasteiger partial charge on any atom is 0.226 e. The molecule has 0 aliphatic heterocycles. The van der Waals surface area contributed by atoms with Crippen LogP contribution in [0.5, 0.6) is 0 Å².